The molecule has 1 aliphatic rings. The molecular weight excluding hydrogens is 675 g/mol. The van der Waals surface area contributed by atoms with Crippen molar-refractivity contribution in [2.45, 2.75) is 36.8 Å². The van der Waals surface area contributed by atoms with Crippen LogP contribution < -0.4 is 9.80 Å². The second kappa shape index (κ2) is 13.6. The summed E-state index contributed by atoms with van der Waals surface area (Å²) in [5.74, 6) is -6.89. The van der Waals surface area contributed by atoms with E-state index in [0.717, 1.165) is 34.9 Å². The number of aromatic nitrogens is 7. The molecule has 2 N–H and O–H groups in total. The normalized spacial score (nSPS) is 15.9. The van der Waals surface area contributed by atoms with Gasteiger partial charge in [-0.15, -0.1) is 5.10 Å². The Kier molecular flexibility index (Phi) is 9.41. The molecule has 1 saturated heterocycles. The third-order valence-corrected chi connectivity index (χ3v) is 8.36. The van der Waals surface area contributed by atoms with Crippen LogP contribution in [-0.4, -0.2) is 77.7 Å². The summed E-state index contributed by atoms with van der Waals surface area (Å²) in [7, 11) is 0. The molecule has 3 aromatic heterocycles. The van der Waals surface area contributed by atoms with Gasteiger partial charge in [0.1, 0.15) is 29.8 Å². The standard InChI is InChI=1S/C32H28F7N9O2/c33-22-4-7-25(26(34)13-22)30(50,18-48-19-43-44-45-48)32(38,39)28-8-3-21(15-40-28)20-1-5-23(6-2-20)46-9-11-47(12-10-46)24-16-41-29(42-17-24)27(49)14-31(35,36)37/h1-8,13,15-17,19,27,49-50H,9-12,14,18H2/t27?,30-/m0/s1. The van der Waals surface area contributed by atoms with Crippen molar-refractivity contribution in [3.8, 4) is 11.1 Å². The Morgan fingerprint density at radius 2 is 1.40 bits per heavy atom. The molecule has 4 heterocycles. The van der Waals surface area contributed by atoms with Crippen LogP contribution in [0.25, 0.3) is 11.1 Å². The molecule has 6 rings (SSSR count). The largest absolute Gasteiger partial charge is 0.392 e. The van der Waals surface area contributed by atoms with E-state index in [0.29, 0.717) is 49.1 Å². The van der Waals surface area contributed by atoms with Crippen LogP contribution in [0.4, 0.5) is 42.1 Å². The predicted molar refractivity (Wildman–Crippen MR) is 164 cm³/mol. The van der Waals surface area contributed by atoms with Gasteiger partial charge in [0, 0.05) is 55.3 Å². The topological polar surface area (TPSA) is 129 Å². The number of anilines is 2. The number of hydrogen-bond acceptors (Lipinski definition) is 10. The fourth-order valence-corrected chi connectivity index (χ4v) is 5.69. The summed E-state index contributed by atoms with van der Waals surface area (Å²) >= 11 is 0. The number of hydrogen-bond donors (Lipinski definition) is 2. The number of benzene rings is 2. The van der Waals surface area contributed by atoms with Gasteiger partial charge in [0.2, 0.25) is 0 Å². The van der Waals surface area contributed by atoms with Crippen LogP contribution in [0.3, 0.4) is 0 Å². The number of aliphatic hydroxyl groups is 2. The first-order valence-electron chi connectivity index (χ1n) is 15.1. The number of rotatable bonds is 10. The lowest BCUT2D eigenvalue weighted by Gasteiger charge is -2.37. The molecule has 262 valence electrons. The molecule has 18 heteroatoms. The van der Waals surface area contributed by atoms with Gasteiger partial charge in [-0.25, -0.2) is 23.4 Å². The summed E-state index contributed by atoms with van der Waals surface area (Å²) in [4.78, 5) is 15.8. The first-order chi connectivity index (χ1) is 23.7. The number of halogens is 7. The number of pyridine rings is 1. The van der Waals surface area contributed by atoms with Gasteiger partial charge in [0.15, 0.2) is 11.4 Å². The van der Waals surface area contributed by atoms with Crippen molar-refractivity contribution in [2.75, 3.05) is 36.0 Å². The highest BCUT2D eigenvalue weighted by molar-refractivity contribution is 5.66. The van der Waals surface area contributed by atoms with Gasteiger partial charge < -0.3 is 20.0 Å². The number of alkyl halides is 5. The second-order valence-corrected chi connectivity index (χ2v) is 11.7. The van der Waals surface area contributed by atoms with Crippen LogP contribution in [0, 0.1) is 11.6 Å². The van der Waals surface area contributed by atoms with Crippen LogP contribution in [0.15, 0.2) is 79.5 Å². The fraction of sp³-hybridized carbons (Fsp3) is 0.312. The Morgan fingerprint density at radius 3 is 1.96 bits per heavy atom. The van der Waals surface area contributed by atoms with Gasteiger partial charge in [0.05, 0.1) is 31.0 Å². The third-order valence-electron chi connectivity index (χ3n) is 8.36. The molecule has 2 aromatic carbocycles. The van der Waals surface area contributed by atoms with Crippen LogP contribution in [-0.2, 0) is 18.1 Å². The monoisotopic (exact) mass is 703 g/mol. The third kappa shape index (κ3) is 7.20. The summed E-state index contributed by atoms with van der Waals surface area (Å²) in [5.41, 5.74) is -2.34. The SMILES string of the molecule is OC(CC(F)(F)F)c1ncc(N2CCN(c3ccc(-c4ccc(C(F)(F)[C@](O)(Cn5cnnn5)c5ccc(F)cc5F)nc4)cc3)CC2)cn1. The summed E-state index contributed by atoms with van der Waals surface area (Å²) in [5, 5.41) is 31.4. The number of tetrazole rings is 1. The molecule has 0 radical (unpaired) electrons. The molecule has 2 atom stereocenters. The first-order valence-corrected chi connectivity index (χ1v) is 15.1. The molecular formula is C32H28F7N9O2. The Balaban J connectivity index is 1.12. The zero-order valence-corrected chi connectivity index (χ0v) is 25.9. The van der Waals surface area contributed by atoms with E-state index < -0.39 is 59.7 Å². The fourth-order valence-electron chi connectivity index (χ4n) is 5.69. The molecule has 50 heavy (non-hydrogen) atoms. The van der Waals surface area contributed by atoms with Crippen molar-refractivity contribution in [3.05, 3.63) is 108 Å². The molecule has 0 spiro atoms. The molecule has 5 aromatic rings. The van der Waals surface area contributed by atoms with E-state index in [-0.39, 0.29) is 5.82 Å². The highest BCUT2D eigenvalue weighted by Crippen LogP contribution is 2.47. The average molecular weight is 704 g/mol. The van der Waals surface area contributed by atoms with E-state index in [1.54, 1.807) is 12.1 Å². The van der Waals surface area contributed by atoms with Gasteiger partial charge in [0.25, 0.3) is 0 Å². The summed E-state index contributed by atoms with van der Waals surface area (Å²) in [6, 6.07) is 11.6. The number of nitrogens with zero attached hydrogens (tertiary/aromatic N) is 9. The summed E-state index contributed by atoms with van der Waals surface area (Å²) < 4.78 is 99.1. The Labute approximate surface area is 279 Å². The van der Waals surface area contributed by atoms with Crippen molar-refractivity contribution < 1.29 is 40.9 Å². The molecule has 0 saturated carbocycles. The van der Waals surface area contributed by atoms with Crippen molar-refractivity contribution >= 4 is 11.4 Å². The maximum absolute atomic E-state index is 16.1. The van der Waals surface area contributed by atoms with Crippen molar-refractivity contribution in [3.63, 3.8) is 0 Å². The second-order valence-electron chi connectivity index (χ2n) is 11.7. The Hall–Kier alpha value is -5.23. The predicted octanol–water partition coefficient (Wildman–Crippen LogP) is 4.80. The minimum atomic E-state index is -4.54. The van der Waals surface area contributed by atoms with Crippen LogP contribution in [0.1, 0.15) is 29.6 Å². The van der Waals surface area contributed by atoms with Gasteiger partial charge >= 0.3 is 12.1 Å². The summed E-state index contributed by atoms with van der Waals surface area (Å²) in [6.07, 6.45) is -2.88. The number of piperazine rings is 1. The van der Waals surface area contributed by atoms with Gasteiger partial charge in [-0.05, 0) is 46.3 Å². The molecule has 0 bridgehead atoms. The number of aliphatic hydroxyl groups excluding tert-OH is 1. The van der Waals surface area contributed by atoms with Gasteiger partial charge in [-0.2, -0.15) is 22.0 Å². The lowest BCUT2D eigenvalue weighted by atomic mass is 9.84. The van der Waals surface area contributed by atoms with E-state index in [1.807, 2.05) is 17.0 Å². The van der Waals surface area contributed by atoms with Gasteiger partial charge in [-0.3, -0.25) is 4.98 Å². The molecule has 0 aliphatic carbocycles. The van der Waals surface area contributed by atoms with Gasteiger partial charge in [-0.1, -0.05) is 18.2 Å². The highest BCUT2D eigenvalue weighted by Gasteiger charge is 2.58. The quantitative estimate of drug-likeness (QED) is 0.196. The molecule has 11 nitrogen and oxygen atoms in total. The van der Waals surface area contributed by atoms with Crippen molar-refractivity contribution in [1.82, 2.24) is 35.2 Å². The maximum atomic E-state index is 16.1. The zero-order chi connectivity index (χ0) is 35.7. The van der Waals surface area contributed by atoms with E-state index in [4.69, 9.17) is 0 Å². The first kappa shape index (κ1) is 34.6. The summed E-state index contributed by atoms with van der Waals surface area (Å²) in [6.45, 7) is 1.37. The Bertz CT molecular complexity index is 1890. The van der Waals surface area contributed by atoms with E-state index >= 15 is 8.78 Å². The zero-order valence-electron chi connectivity index (χ0n) is 25.9. The van der Waals surface area contributed by atoms with E-state index in [9.17, 15) is 32.2 Å². The maximum Gasteiger partial charge on any atom is 0.392 e. The van der Waals surface area contributed by atoms with Crippen LogP contribution in [0.2, 0.25) is 0 Å². The van der Waals surface area contributed by atoms with Crippen molar-refractivity contribution in [1.29, 1.82) is 0 Å². The smallest absolute Gasteiger partial charge is 0.385 e. The van der Waals surface area contributed by atoms with E-state index in [2.05, 4.69) is 35.4 Å². The minimum absolute atomic E-state index is 0.300. The molecule has 1 aliphatic heterocycles. The minimum Gasteiger partial charge on any atom is -0.385 e. The highest BCUT2D eigenvalue weighted by atomic mass is 19.4. The van der Waals surface area contributed by atoms with Crippen LogP contribution >= 0.6 is 0 Å². The lowest BCUT2D eigenvalue weighted by molar-refractivity contribution is -0.207. The average Bonchev–Trinajstić information content (AvgIpc) is 3.60. The molecule has 1 fully saturated rings. The van der Waals surface area contributed by atoms with Crippen LogP contribution in [0.5, 0.6) is 0 Å². The Morgan fingerprint density at radius 1 is 0.760 bits per heavy atom. The van der Waals surface area contributed by atoms with E-state index in [1.165, 1.54) is 24.7 Å². The molecule has 0 amide bonds. The molecule has 1 unspecified atom stereocenters. The lowest BCUT2D eigenvalue weighted by Crippen LogP contribution is -2.48. The van der Waals surface area contributed by atoms with Crippen molar-refractivity contribution in [2.24, 2.45) is 0 Å².